The van der Waals surface area contributed by atoms with Crippen molar-refractivity contribution >= 4 is 11.8 Å². The number of nitrogens with zero attached hydrogens (tertiary/aromatic N) is 1. The Labute approximate surface area is 174 Å². The molecule has 4 rings (SSSR count). The number of aliphatic imine (C=N–C) groups is 1. The molecule has 0 saturated carbocycles. The van der Waals surface area contributed by atoms with Gasteiger partial charge < -0.3 is 14.7 Å². The number of aromatic amines is 2. The van der Waals surface area contributed by atoms with Crippen LogP contribution in [0.4, 0.5) is 0 Å². The number of ether oxygens (including phenoxy) is 1. The molecule has 4 nitrogen and oxygen atoms in total. The lowest BCUT2D eigenvalue weighted by Gasteiger charge is -2.16. The summed E-state index contributed by atoms with van der Waals surface area (Å²) < 4.78 is 5.65. The Balaban J connectivity index is 1.71. The lowest BCUT2D eigenvalue weighted by atomic mass is 9.89. The van der Waals surface area contributed by atoms with Crippen molar-refractivity contribution in [1.29, 1.82) is 0 Å². The van der Waals surface area contributed by atoms with Gasteiger partial charge >= 0.3 is 0 Å². The highest BCUT2D eigenvalue weighted by atomic mass is 16.5. The van der Waals surface area contributed by atoms with Crippen LogP contribution in [-0.4, -0.2) is 22.8 Å². The maximum absolute atomic E-state index is 5.65. The summed E-state index contributed by atoms with van der Waals surface area (Å²) in [4.78, 5) is 11.8. The highest BCUT2D eigenvalue weighted by Gasteiger charge is 2.21. The van der Waals surface area contributed by atoms with Gasteiger partial charge in [-0.3, -0.25) is 0 Å². The molecule has 2 N–H and O–H groups in total. The maximum atomic E-state index is 5.65. The molecule has 2 aliphatic rings. The van der Waals surface area contributed by atoms with E-state index in [1.165, 1.54) is 68.3 Å². The second-order valence-electron chi connectivity index (χ2n) is 8.28. The third kappa shape index (κ3) is 4.58. The van der Waals surface area contributed by atoms with Crippen molar-refractivity contribution < 1.29 is 4.74 Å². The third-order valence-corrected chi connectivity index (χ3v) is 6.15. The van der Waals surface area contributed by atoms with Gasteiger partial charge in [0.05, 0.1) is 18.5 Å². The molecule has 0 radical (unpaired) electrons. The van der Waals surface area contributed by atoms with E-state index in [-0.39, 0.29) is 0 Å². The number of rotatable bonds is 5. The van der Waals surface area contributed by atoms with Gasteiger partial charge in [0.2, 0.25) is 0 Å². The van der Waals surface area contributed by atoms with Gasteiger partial charge in [-0.15, -0.1) is 0 Å². The zero-order valence-corrected chi connectivity index (χ0v) is 17.8. The molecular formula is C25H33N3O. The lowest BCUT2D eigenvalue weighted by Crippen LogP contribution is -2.00. The molecule has 1 unspecified atom stereocenters. The van der Waals surface area contributed by atoms with E-state index in [4.69, 9.17) is 9.73 Å². The lowest BCUT2D eigenvalue weighted by molar-refractivity contribution is 0.303. The Bertz CT molecular complexity index is 899. The molecule has 2 aromatic heterocycles. The van der Waals surface area contributed by atoms with Crippen LogP contribution in [0.25, 0.3) is 6.08 Å². The van der Waals surface area contributed by atoms with Crippen LogP contribution in [0.1, 0.15) is 86.9 Å². The molecule has 0 saturated heterocycles. The van der Waals surface area contributed by atoms with Crippen LogP contribution in [0.15, 0.2) is 46.9 Å². The van der Waals surface area contributed by atoms with Crippen LogP contribution in [0.5, 0.6) is 0 Å². The second-order valence-corrected chi connectivity index (χ2v) is 8.28. The number of aryl methyl sites for hydroxylation is 1. The van der Waals surface area contributed by atoms with Gasteiger partial charge in [0.25, 0.3) is 0 Å². The minimum Gasteiger partial charge on any atom is -0.494 e. The molecule has 2 bridgehead atoms. The molecule has 3 heterocycles. The zero-order valence-electron chi connectivity index (χ0n) is 17.8. The summed E-state index contributed by atoms with van der Waals surface area (Å²) in [5, 5.41) is 0. The summed E-state index contributed by atoms with van der Waals surface area (Å²) in [6.07, 6.45) is 17.7. The number of aromatic nitrogens is 2. The van der Waals surface area contributed by atoms with Crippen LogP contribution >= 0.6 is 0 Å². The van der Waals surface area contributed by atoms with Gasteiger partial charge in [-0.1, -0.05) is 39.0 Å². The minimum absolute atomic E-state index is 0.623. The average Bonchev–Trinajstić information content (AvgIpc) is 3.45. The first-order valence-electron chi connectivity index (χ1n) is 11.2. The summed E-state index contributed by atoms with van der Waals surface area (Å²) >= 11 is 0. The van der Waals surface area contributed by atoms with Crippen molar-refractivity contribution in [3.63, 3.8) is 0 Å². The molecule has 0 amide bonds. The summed E-state index contributed by atoms with van der Waals surface area (Å²) in [7, 11) is 1.72. The average molecular weight is 392 g/mol. The van der Waals surface area contributed by atoms with Crippen LogP contribution in [0.3, 0.4) is 0 Å². The van der Waals surface area contributed by atoms with Crippen molar-refractivity contribution in [1.82, 2.24) is 9.97 Å². The Kier molecular flexibility index (Phi) is 6.38. The predicted octanol–water partition coefficient (Wildman–Crippen LogP) is 6.50. The van der Waals surface area contributed by atoms with Crippen molar-refractivity contribution in [2.24, 2.45) is 4.99 Å². The molecule has 1 aliphatic carbocycles. The van der Waals surface area contributed by atoms with Crippen molar-refractivity contribution in [2.45, 2.75) is 70.6 Å². The molecule has 1 aliphatic heterocycles. The van der Waals surface area contributed by atoms with Gasteiger partial charge in [0, 0.05) is 23.7 Å². The van der Waals surface area contributed by atoms with Crippen LogP contribution in [-0.2, 0) is 11.2 Å². The summed E-state index contributed by atoms with van der Waals surface area (Å²) in [6, 6.07) is 6.47. The standard InChI is InChI=1S/C25H33N3O/c1-3-10-18-11-7-5-4-6-8-12-19-15-20(18)22(27-19)16-24-25(29-2)17-23(28-24)21-13-9-14-26-21/h9,13-18,26-27H,3-8,10-12H2,1-2H3/b24-16+. The molecule has 0 aromatic carbocycles. The summed E-state index contributed by atoms with van der Waals surface area (Å²) in [5.74, 6) is 1.45. The highest BCUT2D eigenvalue weighted by molar-refractivity contribution is 6.11. The highest BCUT2D eigenvalue weighted by Crippen LogP contribution is 2.34. The number of fused-ring (bicyclic) bond motifs is 2. The van der Waals surface area contributed by atoms with E-state index in [9.17, 15) is 0 Å². The van der Waals surface area contributed by atoms with Gasteiger partial charge in [-0.25, -0.2) is 4.99 Å². The van der Waals surface area contributed by atoms with Crippen molar-refractivity contribution in [2.75, 3.05) is 7.11 Å². The predicted molar refractivity (Wildman–Crippen MR) is 120 cm³/mol. The topological polar surface area (TPSA) is 53.2 Å². The zero-order chi connectivity index (χ0) is 20.1. The van der Waals surface area contributed by atoms with Gasteiger partial charge in [0.15, 0.2) is 0 Å². The normalized spacial score (nSPS) is 21.6. The number of nitrogens with one attached hydrogen (secondary N) is 2. The van der Waals surface area contributed by atoms with Crippen LogP contribution < -0.4 is 0 Å². The third-order valence-electron chi connectivity index (χ3n) is 6.15. The first-order valence-corrected chi connectivity index (χ1v) is 11.2. The first kappa shape index (κ1) is 19.8. The number of hydrogen-bond donors (Lipinski definition) is 2. The van der Waals surface area contributed by atoms with Gasteiger partial charge in [-0.05, 0) is 61.4 Å². The Morgan fingerprint density at radius 3 is 2.86 bits per heavy atom. The quantitative estimate of drug-likeness (QED) is 0.601. The number of H-pyrrole nitrogens is 2. The number of hydrogen-bond acceptors (Lipinski definition) is 2. The van der Waals surface area contributed by atoms with Gasteiger partial charge in [-0.2, -0.15) is 0 Å². The van der Waals surface area contributed by atoms with Crippen molar-refractivity contribution in [3.05, 3.63) is 64.6 Å². The Hall–Kier alpha value is -2.49. The molecule has 1 atom stereocenters. The number of methoxy groups -OCH3 is 1. The fourth-order valence-electron chi connectivity index (χ4n) is 4.63. The molecule has 0 fully saturated rings. The van der Waals surface area contributed by atoms with Gasteiger partial charge in [0.1, 0.15) is 11.5 Å². The SMILES string of the molecule is CCCC1CCCCCCCc2cc1c(/C=C1/N=C(c3ccc[nH]3)C=C1OC)[nH]2. The first-order chi connectivity index (χ1) is 14.3. The monoisotopic (exact) mass is 391 g/mol. The molecular weight excluding hydrogens is 358 g/mol. The molecule has 2 aromatic rings. The molecule has 154 valence electrons. The Morgan fingerprint density at radius 1 is 1.21 bits per heavy atom. The molecule has 0 spiro atoms. The smallest absolute Gasteiger partial charge is 0.146 e. The number of allylic oxidation sites excluding steroid dienone is 1. The molecule has 29 heavy (non-hydrogen) atoms. The Morgan fingerprint density at radius 2 is 2.07 bits per heavy atom. The van der Waals surface area contributed by atoms with E-state index in [1.54, 1.807) is 7.11 Å². The van der Waals surface area contributed by atoms with E-state index < -0.39 is 0 Å². The van der Waals surface area contributed by atoms with E-state index in [0.29, 0.717) is 5.92 Å². The maximum Gasteiger partial charge on any atom is 0.146 e. The van der Waals surface area contributed by atoms with Crippen LogP contribution in [0.2, 0.25) is 0 Å². The van der Waals surface area contributed by atoms with E-state index in [2.05, 4.69) is 29.0 Å². The van der Waals surface area contributed by atoms with E-state index in [0.717, 1.165) is 29.3 Å². The molecule has 4 heteroatoms. The van der Waals surface area contributed by atoms with Crippen LogP contribution in [0, 0.1) is 0 Å². The van der Waals surface area contributed by atoms with Crippen molar-refractivity contribution in [3.8, 4) is 0 Å². The summed E-state index contributed by atoms with van der Waals surface area (Å²) in [5.41, 5.74) is 6.88. The van der Waals surface area contributed by atoms with E-state index in [1.807, 2.05) is 24.4 Å². The largest absolute Gasteiger partial charge is 0.494 e. The summed E-state index contributed by atoms with van der Waals surface area (Å²) in [6.45, 7) is 2.30. The fourth-order valence-corrected chi connectivity index (χ4v) is 4.63. The second kappa shape index (κ2) is 9.34. The van der Waals surface area contributed by atoms with E-state index >= 15 is 0 Å². The minimum atomic E-state index is 0.623. The fraction of sp³-hybridized carbons (Fsp3) is 0.480.